The summed E-state index contributed by atoms with van der Waals surface area (Å²) in [7, 11) is -9.96. The van der Waals surface area contributed by atoms with Gasteiger partial charge in [-0.25, -0.2) is 0 Å². The van der Waals surface area contributed by atoms with Crippen LogP contribution in [0.5, 0.6) is 11.5 Å². The maximum Gasteiger partial charge on any atom is 0.314 e. The quantitative estimate of drug-likeness (QED) is 0.116. The van der Waals surface area contributed by atoms with Crippen molar-refractivity contribution in [2.75, 3.05) is 5.73 Å². The van der Waals surface area contributed by atoms with Crippen LogP contribution in [-0.4, -0.2) is 41.1 Å². The van der Waals surface area contributed by atoms with E-state index in [9.17, 15) is 41.7 Å². The fraction of sp³-hybridized carbons (Fsp3) is 0. The Labute approximate surface area is 178 Å². The second-order valence-electron chi connectivity index (χ2n) is 6.27. The van der Waals surface area contributed by atoms with Gasteiger partial charge in [0.25, 0.3) is 20.2 Å². The Bertz CT molecular complexity index is 1530. The van der Waals surface area contributed by atoms with E-state index in [0.717, 1.165) is 6.07 Å². The van der Waals surface area contributed by atoms with E-state index >= 15 is 0 Å². The van der Waals surface area contributed by atoms with Gasteiger partial charge in [0.1, 0.15) is 21.2 Å². The van der Waals surface area contributed by atoms with Crippen molar-refractivity contribution in [1.29, 1.82) is 0 Å². The second-order valence-corrected chi connectivity index (χ2v) is 9.08. The molecule has 0 aromatic heterocycles. The lowest BCUT2D eigenvalue weighted by Gasteiger charge is -2.09. The molecular formula is C16H12N4O10S2. The third-order valence-corrected chi connectivity index (χ3v) is 5.85. The molecule has 16 heteroatoms. The van der Waals surface area contributed by atoms with Crippen molar-refractivity contribution < 1.29 is 41.1 Å². The molecule has 0 unspecified atom stereocenters. The fourth-order valence-corrected chi connectivity index (χ4v) is 3.89. The monoisotopic (exact) mass is 484 g/mol. The largest absolute Gasteiger partial charge is 0.505 e. The molecule has 32 heavy (non-hydrogen) atoms. The number of nitrogens with two attached hydrogens (primary N) is 1. The number of nitro benzene ring substituents is 1. The minimum Gasteiger partial charge on any atom is -0.505 e. The topological polar surface area (TPSA) is 243 Å². The molecule has 3 aromatic carbocycles. The molecule has 0 aliphatic rings. The second kappa shape index (κ2) is 7.68. The molecule has 0 amide bonds. The molecule has 0 saturated heterocycles. The van der Waals surface area contributed by atoms with Gasteiger partial charge >= 0.3 is 5.69 Å². The maximum absolute atomic E-state index is 11.8. The first-order chi connectivity index (χ1) is 14.7. The van der Waals surface area contributed by atoms with Crippen molar-refractivity contribution in [1.82, 2.24) is 0 Å². The van der Waals surface area contributed by atoms with Crippen LogP contribution in [-0.2, 0) is 20.2 Å². The van der Waals surface area contributed by atoms with E-state index in [1.54, 1.807) is 0 Å². The zero-order chi connectivity index (χ0) is 24.0. The van der Waals surface area contributed by atoms with Crippen molar-refractivity contribution >= 4 is 53.8 Å². The van der Waals surface area contributed by atoms with E-state index in [1.165, 1.54) is 18.2 Å². The van der Waals surface area contributed by atoms with Crippen LogP contribution in [0.3, 0.4) is 0 Å². The molecule has 0 heterocycles. The maximum atomic E-state index is 11.8. The highest BCUT2D eigenvalue weighted by Crippen LogP contribution is 2.44. The molecular weight excluding hydrogens is 472 g/mol. The first-order valence-electron chi connectivity index (χ1n) is 8.13. The Balaban J connectivity index is 2.32. The van der Waals surface area contributed by atoms with E-state index in [1.807, 2.05) is 0 Å². The highest BCUT2D eigenvalue weighted by molar-refractivity contribution is 7.86. The Morgan fingerprint density at radius 1 is 0.906 bits per heavy atom. The smallest absolute Gasteiger partial charge is 0.314 e. The zero-order valence-corrected chi connectivity index (χ0v) is 17.1. The fourth-order valence-electron chi connectivity index (χ4n) is 2.71. The Morgan fingerprint density at radius 3 is 2.12 bits per heavy atom. The van der Waals surface area contributed by atoms with Gasteiger partial charge in [-0.05, 0) is 35.7 Å². The van der Waals surface area contributed by atoms with Crippen molar-refractivity contribution in [3.8, 4) is 11.5 Å². The molecule has 0 spiro atoms. The van der Waals surface area contributed by atoms with Crippen LogP contribution in [0.15, 0.2) is 56.4 Å². The lowest BCUT2D eigenvalue weighted by molar-refractivity contribution is -0.386. The standard InChI is InChI=1S/C16H12N4O10S2/c17-8-1-2-10-7(3-8)4-13(32(28,29)30)14(15(10)21)19-18-11-5-9(31(25,26)27)6-12(16(11)22)20(23)24/h1-6,21-22H,17H2,(H,25,26,27)(H,28,29,30). The first kappa shape index (κ1) is 22.8. The summed E-state index contributed by atoms with van der Waals surface area (Å²) < 4.78 is 65.0. The number of nitrogens with zero attached hydrogens (tertiary/aromatic N) is 3. The number of azo groups is 1. The minimum atomic E-state index is -4.99. The highest BCUT2D eigenvalue weighted by atomic mass is 32.2. The van der Waals surface area contributed by atoms with Crippen LogP contribution in [0.1, 0.15) is 0 Å². The molecule has 6 N–H and O–H groups in total. The summed E-state index contributed by atoms with van der Waals surface area (Å²) >= 11 is 0. The van der Waals surface area contributed by atoms with Crippen molar-refractivity contribution in [2.24, 2.45) is 10.2 Å². The number of fused-ring (bicyclic) bond motifs is 1. The number of hydrogen-bond acceptors (Lipinski definition) is 11. The molecule has 0 saturated carbocycles. The Morgan fingerprint density at radius 2 is 1.56 bits per heavy atom. The summed E-state index contributed by atoms with van der Waals surface area (Å²) in [6.07, 6.45) is 0. The lowest BCUT2D eigenvalue weighted by atomic mass is 10.1. The molecule has 0 aliphatic carbocycles. The highest BCUT2D eigenvalue weighted by Gasteiger charge is 2.25. The number of benzene rings is 3. The van der Waals surface area contributed by atoms with E-state index in [0.29, 0.717) is 12.1 Å². The van der Waals surface area contributed by atoms with Gasteiger partial charge in [-0.15, -0.1) is 10.2 Å². The van der Waals surface area contributed by atoms with Gasteiger partial charge in [0, 0.05) is 17.1 Å². The van der Waals surface area contributed by atoms with Gasteiger partial charge in [0.15, 0.2) is 5.75 Å². The normalized spacial score (nSPS) is 12.4. The van der Waals surface area contributed by atoms with Crippen molar-refractivity contribution in [3.05, 3.63) is 46.5 Å². The zero-order valence-electron chi connectivity index (χ0n) is 15.4. The number of rotatable bonds is 5. The van der Waals surface area contributed by atoms with E-state index in [4.69, 9.17) is 10.3 Å². The first-order valence-corrected chi connectivity index (χ1v) is 11.0. The number of nitro groups is 1. The summed E-state index contributed by atoms with van der Waals surface area (Å²) in [6.45, 7) is 0. The number of nitrogen functional groups attached to an aromatic ring is 1. The molecule has 0 bridgehead atoms. The van der Waals surface area contributed by atoms with Crippen LogP contribution in [0.25, 0.3) is 10.8 Å². The van der Waals surface area contributed by atoms with Gasteiger partial charge in [0.05, 0.1) is 4.92 Å². The predicted octanol–water partition coefficient (Wildman–Crippen LogP) is 2.65. The number of aromatic hydroxyl groups is 2. The van der Waals surface area contributed by atoms with Crippen LogP contribution in [0.2, 0.25) is 0 Å². The van der Waals surface area contributed by atoms with Crippen molar-refractivity contribution in [3.63, 3.8) is 0 Å². The van der Waals surface area contributed by atoms with Crippen LogP contribution in [0, 0.1) is 10.1 Å². The molecule has 14 nitrogen and oxygen atoms in total. The molecule has 168 valence electrons. The number of phenols is 2. The molecule has 3 aromatic rings. The summed E-state index contributed by atoms with van der Waals surface area (Å²) in [5, 5.41) is 38.6. The minimum absolute atomic E-state index is 0.0439. The van der Waals surface area contributed by atoms with E-state index < -0.39 is 63.5 Å². The van der Waals surface area contributed by atoms with E-state index in [-0.39, 0.29) is 16.5 Å². The third kappa shape index (κ3) is 4.28. The number of hydrogen-bond donors (Lipinski definition) is 5. The summed E-state index contributed by atoms with van der Waals surface area (Å²) in [5.74, 6) is -1.94. The molecule has 0 fully saturated rings. The summed E-state index contributed by atoms with van der Waals surface area (Å²) in [4.78, 5) is 7.98. The predicted molar refractivity (Wildman–Crippen MR) is 109 cm³/mol. The number of anilines is 1. The van der Waals surface area contributed by atoms with Crippen molar-refractivity contribution in [2.45, 2.75) is 9.79 Å². The molecule has 0 aliphatic heterocycles. The molecule has 3 rings (SSSR count). The molecule has 0 atom stereocenters. The van der Waals surface area contributed by atoms with Gasteiger partial charge in [-0.3, -0.25) is 19.2 Å². The Hall–Kier alpha value is -3.86. The molecule has 0 radical (unpaired) electrons. The van der Waals surface area contributed by atoms with Gasteiger partial charge in [-0.1, -0.05) is 0 Å². The number of phenolic OH excluding ortho intramolecular Hbond substituents is 2. The van der Waals surface area contributed by atoms with Crippen LogP contribution in [0.4, 0.5) is 22.7 Å². The van der Waals surface area contributed by atoms with Gasteiger partial charge in [0.2, 0.25) is 5.75 Å². The summed E-state index contributed by atoms with van der Waals surface area (Å²) in [6, 6.07) is 5.80. The summed E-state index contributed by atoms with van der Waals surface area (Å²) in [5.41, 5.74) is 3.01. The SMILES string of the molecule is Nc1ccc2c(O)c(N=Nc3cc(S(=O)(=O)O)cc([N+](=O)[O-])c3O)c(S(=O)(=O)O)cc2c1. The average Bonchev–Trinajstić information content (AvgIpc) is 2.65. The Kier molecular flexibility index (Phi) is 5.48. The third-order valence-electron chi connectivity index (χ3n) is 4.15. The van der Waals surface area contributed by atoms with Gasteiger partial charge in [-0.2, -0.15) is 16.8 Å². The lowest BCUT2D eigenvalue weighted by Crippen LogP contribution is -2.00. The average molecular weight is 484 g/mol. The van der Waals surface area contributed by atoms with Crippen LogP contribution >= 0.6 is 0 Å². The van der Waals surface area contributed by atoms with Gasteiger partial charge < -0.3 is 15.9 Å². The van der Waals surface area contributed by atoms with E-state index in [2.05, 4.69) is 10.2 Å². The van der Waals surface area contributed by atoms with Crippen LogP contribution < -0.4 is 5.73 Å².